The molecule has 6 nitrogen and oxygen atoms in total. The first-order valence-corrected chi connectivity index (χ1v) is 11.6. The number of amides is 1. The molecule has 4 rings (SSSR count). The van der Waals surface area contributed by atoms with Crippen molar-refractivity contribution in [2.75, 3.05) is 44.7 Å². The van der Waals surface area contributed by atoms with Crippen LogP contribution in [0.2, 0.25) is 0 Å². The summed E-state index contributed by atoms with van der Waals surface area (Å²) in [5, 5.41) is 4.89. The van der Waals surface area contributed by atoms with Gasteiger partial charge in [-0.1, -0.05) is 37.3 Å². The van der Waals surface area contributed by atoms with Crippen LogP contribution in [0.25, 0.3) is 5.69 Å². The molecule has 1 aromatic heterocycles. The molecule has 0 bridgehead atoms. The van der Waals surface area contributed by atoms with E-state index in [1.54, 1.807) is 23.1 Å². The highest BCUT2D eigenvalue weighted by Crippen LogP contribution is 2.30. The van der Waals surface area contributed by atoms with Crippen LogP contribution >= 0.6 is 0 Å². The van der Waals surface area contributed by atoms with Crippen molar-refractivity contribution in [2.24, 2.45) is 0 Å². The molecule has 0 spiro atoms. The molecular formula is C26H32FN5O. The number of hydrogen-bond acceptors (Lipinski definition) is 4. The number of rotatable bonds is 7. The summed E-state index contributed by atoms with van der Waals surface area (Å²) < 4.78 is 16.4. The molecule has 1 amide bonds. The summed E-state index contributed by atoms with van der Waals surface area (Å²) in [7, 11) is 2.13. The number of carbonyl (C=O) groups excluding carboxylic acids is 1. The molecule has 0 unspecified atom stereocenters. The van der Waals surface area contributed by atoms with Crippen molar-refractivity contribution >= 4 is 11.7 Å². The van der Waals surface area contributed by atoms with Crippen LogP contribution in [0.4, 0.5) is 10.2 Å². The van der Waals surface area contributed by atoms with Gasteiger partial charge in [0.05, 0.1) is 23.5 Å². The second-order valence-corrected chi connectivity index (χ2v) is 8.63. The highest BCUT2D eigenvalue weighted by molar-refractivity contribution is 5.94. The number of anilines is 1. The zero-order chi connectivity index (χ0) is 23.4. The van der Waals surface area contributed by atoms with E-state index in [2.05, 4.69) is 16.8 Å². The van der Waals surface area contributed by atoms with Crippen molar-refractivity contribution in [1.29, 1.82) is 0 Å². The van der Waals surface area contributed by atoms with E-state index < -0.39 is 5.82 Å². The second-order valence-electron chi connectivity index (χ2n) is 8.63. The van der Waals surface area contributed by atoms with Gasteiger partial charge < -0.3 is 14.7 Å². The molecule has 3 aromatic rings. The largest absolute Gasteiger partial charge is 0.354 e. The van der Waals surface area contributed by atoms with E-state index in [-0.39, 0.29) is 11.5 Å². The van der Waals surface area contributed by atoms with Crippen LogP contribution in [0.15, 0.2) is 54.6 Å². The quantitative estimate of drug-likeness (QED) is 0.544. The Balaban J connectivity index is 1.74. The van der Waals surface area contributed by atoms with Gasteiger partial charge in [-0.05, 0) is 44.7 Å². The first kappa shape index (κ1) is 23.0. The van der Waals surface area contributed by atoms with E-state index in [9.17, 15) is 9.18 Å². The molecule has 1 fully saturated rings. The van der Waals surface area contributed by atoms with E-state index in [0.29, 0.717) is 13.1 Å². The highest BCUT2D eigenvalue weighted by Gasteiger charge is 2.28. The number of halogens is 1. The van der Waals surface area contributed by atoms with Gasteiger partial charge in [-0.3, -0.25) is 4.79 Å². The van der Waals surface area contributed by atoms with Crippen LogP contribution in [-0.4, -0.2) is 65.3 Å². The standard InChI is InChI=1S/C26H32FN5O/c1-4-14-31(26(33)22-12-8-9-13-24(22)27)19-23-20(2)28-32(21-10-6-5-7-11-21)25(23)30-17-15-29(3)16-18-30/h5-13H,4,14-19H2,1-3H3. The Hall–Kier alpha value is -3.19. The van der Waals surface area contributed by atoms with E-state index in [4.69, 9.17) is 5.10 Å². The maximum Gasteiger partial charge on any atom is 0.257 e. The minimum absolute atomic E-state index is 0.111. The smallest absolute Gasteiger partial charge is 0.257 e. The Labute approximate surface area is 195 Å². The Kier molecular flexibility index (Phi) is 7.08. The summed E-state index contributed by atoms with van der Waals surface area (Å²) in [6.07, 6.45) is 0.788. The van der Waals surface area contributed by atoms with Crippen LogP contribution in [0.1, 0.15) is 35.0 Å². The van der Waals surface area contributed by atoms with Crippen LogP contribution in [-0.2, 0) is 6.54 Å². The fourth-order valence-electron chi connectivity index (χ4n) is 4.34. The summed E-state index contributed by atoms with van der Waals surface area (Å²) >= 11 is 0. The number of likely N-dealkylation sites (N-methyl/N-ethyl adjacent to an activating group) is 1. The van der Waals surface area contributed by atoms with E-state index in [0.717, 1.165) is 55.4 Å². The lowest BCUT2D eigenvalue weighted by Gasteiger charge is -2.35. The number of piperazine rings is 1. The van der Waals surface area contributed by atoms with Gasteiger partial charge in [0.2, 0.25) is 0 Å². The minimum Gasteiger partial charge on any atom is -0.354 e. The molecule has 0 saturated carbocycles. The average Bonchev–Trinajstić information content (AvgIpc) is 3.15. The lowest BCUT2D eigenvalue weighted by atomic mass is 10.1. The lowest BCUT2D eigenvalue weighted by molar-refractivity contribution is 0.0738. The Morgan fingerprint density at radius 3 is 2.36 bits per heavy atom. The molecule has 0 aliphatic carbocycles. The van der Waals surface area contributed by atoms with Gasteiger partial charge in [-0.25, -0.2) is 9.07 Å². The molecule has 7 heteroatoms. The normalized spacial score (nSPS) is 14.5. The van der Waals surface area contributed by atoms with Crippen LogP contribution in [0, 0.1) is 12.7 Å². The highest BCUT2D eigenvalue weighted by atomic mass is 19.1. The monoisotopic (exact) mass is 449 g/mol. The summed E-state index contributed by atoms with van der Waals surface area (Å²) in [6, 6.07) is 16.3. The maximum absolute atomic E-state index is 14.4. The summed E-state index contributed by atoms with van der Waals surface area (Å²) in [5.74, 6) is 0.250. The van der Waals surface area contributed by atoms with Gasteiger partial charge in [0.25, 0.3) is 5.91 Å². The molecule has 0 atom stereocenters. The SMILES string of the molecule is CCCN(Cc1c(C)nn(-c2ccccc2)c1N1CCN(C)CC1)C(=O)c1ccccc1F. The van der Waals surface area contributed by atoms with Crippen molar-refractivity contribution < 1.29 is 9.18 Å². The fourth-order valence-corrected chi connectivity index (χ4v) is 4.34. The number of para-hydroxylation sites is 1. The molecular weight excluding hydrogens is 417 g/mol. The van der Waals surface area contributed by atoms with Crippen molar-refractivity contribution in [1.82, 2.24) is 19.6 Å². The maximum atomic E-state index is 14.4. The predicted molar refractivity (Wildman–Crippen MR) is 129 cm³/mol. The van der Waals surface area contributed by atoms with Gasteiger partial charge in [0, 0.05) is 38.3 Å². The van der Waals surface area contributed by atoms with Gasteiger partial charge >= 0.3 is 0 Å². The summed E-state index contributed by atoms with van der Waals surface area (Å²) in [4.78, 5) is 19.7. The number of aryl methyl sites for hydroxylation is 1. The van der Waals surface area contributed by atoms with Crippen molar-refractivity contribution in [3.63, 3.8) is 0 Å². The second kappa shape index (κ2) is 10.2. The average molecular weight is 450 g/mol. The third-order valence-corrected chi connectivity index (χ3v) is 6.19. The number of carbonyl (C=O) groups is 1. The molecule has 174 valence electrons. The summed E-state index contributed by atoms with van der Waals surface area (Å²) in [5.41, 5.74) is 3.00. The third kappa shape index (κ3) is 4.93. The van der Waals surface area contributed by atoms with Gasteiger partial charge in [0.15, 0.2) is 0 Å². The number of hydrogen-bond donors (Lipinski definition) is 0. The molecule has 1 saturated heterocycles. The molecule has 0 radical (unpaired) electrons. The molecule has 1 aliphatic rings. The number of benzene rings is 2. The van der Waals surface area contributed by atoms with E-state index in [1.807, 2.05) is 48.9 Å². The zero-order valence-electron chi connectivity index (χ0n) is 19.7. The van der Waals surface area contributed by atoms with Crippen LogP contribution in [0.3, 0.4) is 0 Å². The van der Waals surface area contributed by atoms with Gasteiger partial charge in [-0.15, -0.1) is 0 Å². The topological polar surface area (TPSA) is 44.6 Å². The first-order valence-electron chi connectivity index (χ1n) is 11.6. The van der Waals surface area contributed by atoms with E-state index >= 15 is 0 Å². The van der Waals surface area contributed by atoms with Crippen molar-refractivity contribution in [3.8, 4) is 5.69 Å². The Morgan fingerprint density at radius 1 is 1.03 bits per heavy atom. The molecule has 1 aliphatic heterocycles. The van der Waals surface area contributed by atoms with Crippen LogP contribution in [0.5, 0.6) is 0 Å². The minimum atomic E-state index is -0.486. The Morgan fingerprint density at radius 2 is 1.70 bits per heavy atom. The first-order chi connectivity index (χ1) is 16.0. The van der Waals surface area contributed by atoms with Gasteiger partial charge in [-0.2, -0.15) is 5.10 Å². The fraction of sp³-hybridized carbons (Fsp3) is 0.385. The van der Waals surface area contributed by atoms with Crippen LogP contribution < -0.4 is 4.90 Å². The number of nitrogens with zero attached hydrogens (tertiary/aromatic N) is 5. The number of aromatic nitrogens is 2. The zero-order valence-corrected chi connectivity index (χ0v) is 19.7. The van der Waals surface area contributed by atoms with Crippen molar-refractivity contribution in [3.05, 3.63) is 77.2 Å². The predicted octanol–water partition coefficient (Wildman–Crippen LogP) is 4.12. The van der Waals surface area contributed by atoms with E-state index in [1.165, 1.54) is 6.07 Å². The molecule has 33 heavy (non-hydrogen) atoms. The summed E-state index contributed by atoms with van der Waals surface area (Å²) in [6.45, 7) is 8.66. The lowest BCUT2D eigenvalue weighted by Crippen LogP contribution is -2.45. The molecule has 2 aromatic carbocycles. The Bertz CT molecular complexity index is 1090. The van der Waals surface area contributed by atoms with Crippen molar-refractivity contribution in [2.45, 2.75) is 26.8 Å². The third-order valence-electron chi connectivity index (χ3n) is 6.19. The molecule has 2 heterocycles. The molecule has 0 N–H and O–H groups in total. The van der Waals surface area contributed by atoms with Gasteiger partial charge in [0.1, 0.15) is 11.6 Å².